The zero-order valence-corrected chi connectivity index (χ0v) is 12.1. The van der Waals surface area contributed by atoms with Crippen LogP contribution in [0.15, 0.2) is 16.7 Å². The molecule has 0 bridgehead atoms. The lowest BCUT2D eigenvalue weighted by atomic mass is 10.0. The Balaban J connectivity index is 1.72. The summed E-state index contributed by atoms with van der Waals surface area (Å²) in [5, 5.41) is 4.12. The minimum absolute atomic E-state index is 0.253. The highest BCUT2D eigenvalue weighted by Crippen LogP contribution is 2.36. The number of ether oxygens (including phenoxy) is 2. The molecule has 1 fully saturated rings. The summed E-state index contributed by atoms with van der Waals surface area (Å²) in [7, 11) is 1.68. The molecule has 0 unspecified atom stereocenters. The van der Waals surface area contributed by atoms with E-state index in [4.69, 9.17) is 14.0 Å². The second-order valence-corrected chi connectivity index (χ2v) is 5.69. The molecule has 21 heavy (non-hydrogen) atoms. The van der Waals surface area contributed by atoms with E-state index in [9.17, 15) is 0 Å². The van der Waals surface area contributed by atoms with Gasteiger partial charge < -0.3 is 14.0 Å². The van der Waals surface area contributed by atoms with Crippen LogP contribution in [-0.4, -0.2) is 30.5 Å². The van der Waals surface area contributed by atoms with E-state index in [0.29, 0.717) is 12.5 Å². The molecule has 0 spiro atoms. The second kappa shape index (κ2) is 5.15. The Kier molecular flexibility index (Phi) is 3.15. The lowest BCUT2D eigenvalue weighted by molar-refractivity contribution is 0.192. The van der Waals surface area contributed by atoms with Gasteiger partial charge in [0.2, 0.25) is 0 Å². The molecule has 2 heterocycles. The van der Waals surface area contributed by atoms with Crippen LogP contribution in [0.3, 0.4) is 0 Å². The van der Waals surface area contributed by atoms with Gasteiger partial charge in [-0.1, -0.05) is 5.16 Å². The van der Waals surface area contributed by atoms with Crippen molar-refractivity contribution >= 4 is 0 Å². The maximum Gasteiger partial charge on any atom is 0.261 e. The van der Waals surface area contributed by atoms with Gasteiger partial charge in [0.1, 0.15) is 5.75 Å². The molecular formula is C16H18N2O3. The van der Waals surface area contributed by atoms with Crippen molar-refractivity contribution in [2.24, 2.45) is 0 Å². The Bertz CT molecular complexity index is 660. The number of benzene rings is 1. The fraction of sp³-hybridized carbons (Fsp3) is 0.500. The van der Waals surface area contributed by atoms with E-state index >= 15 is 0 Å². The standard InChI is InChI=1S/C16H18N2O3/c1-19-14-8-11-4-2-3-10(11)7-13(14)16-17-15(18-21-16)12-5-6-20-9-12/h7-8,12H,2-6,9H2,1H3/t12-/m1/s1. The number of aryl methyl sites for hydroxylation is 2. The van der Waals surface area contributed by atoms with E-state index in [-0.39, 0.29) is 5.92 Å². The number of rotatable bonds is 3. The van der Waals surface area contributed by atoms with Crippen molar-refractivity contribution < 1.29 is 14.0 Å². The van der Waals surface area contributed by atoms with E-state index in [2.05, 4.69) is 22.3 Å². The number of nitrogens with zero attached hydrogens (tertiary/aromatic N) is 2. The minimum Gasteiger partial charge on any atom is -0.496 e. The Labute approximate surface area is 123 Å². The smallest absolute Gasteiger partial charge is 0.261 e. The lowest BCUT2D eigenvalue weighted by Gasteiger charge is -2.08. The van der Waals surface area contributed by atoms with E-state index in [0.717, 1.165) is 43.0 Å². The van der Waals surface area contributed by atoms with Gasteiger partial charge in [-0.15, -0.1) is 0 Å². The van der Waals surface area contributed by atoms with E-state index in [1.807, 2.05) is 0 Å². The van der Waals surface area contributed by atoms with Crippen LogP contribution in [0.2, 0.25) is 0 Å². The maximum absolute atomic E-state index is 5.51. The minimum atomic E-state index is 0.253. The Morgan fingerprint density at radius 3 is 2.86 bits per heavy atom. The molecule has 5 nitrogen and oxygen atoms in total. The van der Waals surface area contributed by atoms with Crippen LogP contribution in [0, 0.1) is 0 Å². The average molecular weight is 286 g/mol. The molecule has 0 amide bonds. The molecule has 2 aliphatic rings. The normalized spacial score (nSPS) is 20.7. The molecule has 110 valence electrons. The van der Waals surface area contributed by atoms with Gasteiger partial charge in [-0.3, -0.25) is 0 Å². The van der Waals surface area contributed by atoms with Crippen molar-refractivity contribution in [1.82, 2.24) is 10.1 Å². The highest BCUT2D eigenvalue weighted by molar-refractivity contribution is 5.66. The highest BCUT2D eigenvalue weighted by Gasteiger charge is 2.25. The quantitative estimate of drug-likeness (QED) is 0.868. The van der Waals surface area contributed by atoms with Crippen molar-refractivity contribution in [1.29, 1.82) is 0 Å². The van der Waals surface area contributed by atoms with Crippen LogP contribution in [-0.2, 0) is 17.6 Å². The van der Waals surface area contributed by atoms with Crippen molar-refractivity contribution in [2.45, 2.75) is 31.6 Å². The first-order valence-electron chi connectivity index (χ1n) is 7.46. The van der Waals surface area contributed by atoms with Crippen LogP contribution < -0.4 is 4.74 Å². The van der Waals surface area contributed by atoms with E-state index in [1.165, 1.54) is 17.5 Å². The van der Waals surface area contributed by atoms with Gasteiger partial charge in [0.05, 0.1) is 19.3 Å². The fourth-order valence-corrected chi connectivity index (χ4v) is 3.19. The van der Waals surface area contributed by atoms with Gasteiger partial charge in [0.15, 0.2) is 5.82 Å². The van der Waals surface area contributed by atoms with Crippen molar-refractivity contribution in [3.05, 3.63) is 29.1 Å². The third kappa shape index (κ3) is 2.21. The maximum atomic E-state index is 5.51. The molecular weight excluding hydrogens is 268 g/mol. The second-order valence-electron chi connectivity index (χ2n) is 5.69. The molecule has 5 heteroatoms. The van der Waals surface area contributed by atoms with Gasteiger partial charge in [-0.25, -0.2) is 0 Å². The molecule has 1 aliphatic heterocycles. The Morgan fingerprint density at radius 1 is 1.24 bits per heavy atom. The number of aromatic nitrogens is 2. The molecule has 0 saturated carbocycles. The zero-order valence-electron chi connectivity index (χ0n) is 12.1. The number of hydrogen-bond donors (Lipinski definition) is 0. The summed E-state index contributed by atoms with van der Waals surface area (Å²) < 4.78 is 16.4. The van der Waals surface area contributed by atoms with Crippen LogP contribution in [0.5, 0.6) is 5.75 Å². The Hall–Kier alpha value is -1.88. The van der Waals surface area contributed by atoms with Gasteiger partial charge in [-0.2, -0.15) is 4.98 Å². The van der Waals surface area contributed by atoms with Gasteiger partial charge >= 0.3 is 0 Å². The van der Waals surface area contributed by atoms with Crippen LogP contribution >= 0.6 is 0 Å². The predicted molar refractivity (Wildman–Crippen MR) is 76.5 cm³/mol. The third-order valence-electron chi connectivity index (χ3n) is 4.38. The largest absolute Gasteiger partial charge is 0.496 e. The van der Waals surface area contributed by atoms with Crippen molar-refractivity contribution in [2.75, 3.05) is 20.3 Å². The monoisotopic (exact) mass is 286 g/mol. The number of fused-ring (bicyclic) bond motifs is 1. The van der Waals surface area contributed by atoms with E-state index < -0.39 is 0 Å². The zero-order chi connectivity index (χ0) is 14.2. The highest BCUT2D eigenvalue weighted by atomic mass is 16.5. The van der Waals surface area contributed by atoms with Gasteiger partial charge in [-0.05, 0) is 48.9 Å². The van der Waals surface area contributed by atoms with E-state index in [1.54, 1.807) is 7.11 Å². The molecule has 2 aromatic rings. The molecule has 1 aliphatic carbocycles. The average Bonchev–Trinajstić information content (AvgIpc) is 3.24. The number of hydrogen-bond acceptors (Lipinski definition) is 5. The van der Waals surface area contributed by atoms with Crippen molar-refractivity contribution in [3.8, 4) is 17.2 Å². The SMILES string of the molecule is COc1cc2c(cc1-c1nc([C@@H]3CCOC3)no1)CCC2. The van der Waals surface area contributed by atoms with Crippen LogP contribution in [0.1, 0.15) is 35.7 Å². The van der Waals surface area contributed by atoms with Crippen LogP contribution in [0.25, 0.3) is 11.5 Å². The topological polar surface area (TPSA) is 57.4 Å². The molecule has 0 radical (unpaired) electrons. The van der Waals surface area contributed by atoms with Gasteiger partial charge in [0.25, 0.3) is 5.89 Å². The predicted octanol–water partition coefficient (Wildman–Crippen LogP) is 2.74. The Morgan fingerprint density at radius 2 is 2.10 bits per heavy atom. The fourth-order valence-electron chi connectivity index (χ4n) is 3.19. The molecule has 1 saturated heterocycles. The van der Waals surface area contributed by atoms with Crippen LogP contribution in [0.4, 0.5) is 0 Å². The molecule has 1 aromatic carbocycles. The summed E-state index contributed by atoms with van der Waals surface area (Å²) in [6, 6.07) is 4.25. The first-order chi connectivity index (χ1) is 10.3. The first kappa shape index (κ1) is 12.8. The molecule has 1 aromatic heterocycles. The summed E-state index contributed by atoms with van der Waals surface area (Å²) in [6.45, 7) is 1.46. The first-order valence-corrected chi connectivity index (χ1v) is 7.46. The molecule has 0 N–H and O–H groups in total. The summed E-state index contributed by atoms with van der Waals surface area (Å²) >= 11 is 0. The lowest BCUT2D eigenvalue weighted by Crippen LogP contribution is -1.99. The van der Waals surface area contributed by atoms with Gasteiger partial charge in [0, 0.05) is 12.5 Å². The summed E-state index contributed by atoms with van der Waals surface area (Å²) in [5.74, 6) is 2.35. The number of methoxy groups -OCH3 is 1. The molecule has 1 atom stereocenters. The third-order valence-corrected chi connectivity index (χ3v) is 4.38. The summed E-state index contributed by atoms with van der Waals surface area (Å²) in [6.07, 6.45) is 4.40. The molecule has 4 rings (SSSR count). The summed E-state index contributed by atoms with van der Waals surface area (Å²) in [4.78, 5) is 4.56. The van der Waals surface area contributed by atoms with Crippen molar-refractivity contribution in [3.63, 3.8) is 0 Å². The summed E-state index contributed by atoms with van der Waals surface area (Å²) in [5.41, 5.74) is 3.64.